The first-order chi connectivity index (χ1) is 11.7. The number of hydrogen-bond donors (Lipinski definition) is 2. The van der Waals surface area contributed by atoms with Gasteiger partial charge in [0.05, 0.1) is 11.7 Å². The minimum Gasteiger partial charge on any atom is -0.366 e. The van der Waals surface area contributed by atoms with Crippen molar-refractivity contribution in [2.75, 3.05) is 5.75 Å². The average molecular weight is 339 g/mol. The number of rotatable bonds is 3. The second kappa shape index (κ2) is 7.59. The third kappa shape index (κ3) is 3.83. The molecule has 5 nitrogen and oxygen atoms in total. The Kier molecular flexibility index (Phi) is 5.27. The maximum absolute atomic E-state index is 5.90. The molecule has 24 heavy (non-hydrogen) atoms. The molecule has 2 aromatic carbocycles. The normalized spacial score (nSPS) is 17.9. The molecule has 0 amide bonds. The summed E-state index contributed by atoms with van der Waals surface area (Å²) in [6.07, 6.45) is 0.961. The van der Waals surface area contributed by atoms with Crippen molar-refractivity contribution in [1.29, 1.82) is 0 Å². The molecule has 0 radical (unpaired) electrons. The van der Waals surface area contributed by atoms with Crippen LogP contribution in [0.4, 0.5) is 5.69 Å². The molecule has 1 unspecified atom stereocenters. The summed E-state index contributed by atoms with van der Waals surface area (Å²) in [7, 11) is 0. The monoisotopic (exact) mass is 339 g/mol. The molecule has 2 aromatic rings. The van der Waals surface area contributed by atoms with Gasteiger partial charge in [0, 0.05) is 17.2 Å². The summed E-state index contributed by atoms with van der Waals surface area (Å²) in [6, 6.07) is 14.0. The summed E-state index contributed by atoms with van der Waals surface area (Å²) in [5.41, 5.74) is 15.8. The number of azo groups is 1. The molecule has 1 heterocycles. The number of guanidine groups is 1. The van der Waals surface area contributed by atoms with Crippen molar-refractivity contribution in [2.24, 2.45) is 26.7 Å². The number of aliphatic imine (C=N–C) groups is 1. The Morgan fingerprint density at radius 3 is 2.75 bits per heavy atom. The fourth-order valence-corrected chi connectivity index (χ4v) is 3.88. The van der Waals surface area contributed by atoms with Gasteiger partial charge in [-0.05, 0) is 42.2 Å². The molecule has 0 aliphatic carbocycles. The van der Waals surface area contributed by atoms with Gasteiger partial charge in [-0.3, -0.25) is 0 Å². The fraction of sp³-hybridized carbons (Fsp3) is 0.278. The van der Waals surface area contributed by atoms with Crippen molar-refractivity contribution in [1.82, 2.24) is 0 Å². The third-order valence-electron chi connectivity index (χ3n) is 3.95. The van der Waals surface area contributed by atoms with E-state index in [-0.39, 0.29) is 12.0 Å². The zero-order chi connectivity index (χ0) is 16.9. The standard InChI is InChI=1S/C18H21N5S/c1-12-3-2-4-15-16(9-10-24-17(12)15)22-23-18(20)21-14-7-5-13(11-19)6-8-14/h2-8,16H,9-11,19H2,1H3,(H2,20,21). The highest BCUT2D eigenvalue weighted by molar-refractivity contribution is 7.99. The molecule has 0 aromatic heterocycles. The Hall–Kier alpha value is -2.18. The predicted octanol–water partition coefficient (Wildman–Crippen LogP) is 4.09. The number of benzene rings is 2. The van der Waals surface area contributed by atoms with Crippen LogP contribution in [0.1, 0.15) is 29.2 Å². The molecule has 3 rings (SSSR count). The summed E-state index contributed by atoms with van der Waals surface area (Å²) in [5, 5.41) is 8.56. The Morgan fingerprint density at radius 1 is 1.21 bits per heavy atom. The van der Waals surface area contributed by atoms with Crippen LogP contribution >= 0.6 is 11.8 Å². The van der Waals surface area contributed by atoms with E-state index < -0.39 is 0 Å². The van der Waals surface area contributed by atoms with E-state index in [1.807, 2.05) is 36.0 Å². The van der Waals surface area contributed by atoms with Crippen molar-refractivity contribution >= 4 is 23.4 Å². The molecule has 0 saturated heterocycles. The van der Waals surface area contributed by atoms with Crippen LogP contribution in [-0.2, 0) is 6.54 Å². The van der Waals surface area contributed by atoms with Crippen LogP contribution in [0.25, 0.3) is 0 Å². The Labute approximate surface area is 146 Å². The lowest BCUT2D eigenvalue weighted by atomic mass is 10.0. The first-order valence-electron chi connectivity index (χ1n) is 7.93. The van der Waals surface area contributed by atoms with Gasteiger partial charge in [0.2, 0.25) is 5.96 Å². The van der Waals surface area contributed by atoms with Gasteiger partial charge in [-0.1, -0.05) is 30.3 Å². The van der Waals surface area contributed by atoms with Gasteiger partial charge in [-0.15, -0.1) is 16.9 Å². The van der Waals surface area contributed by atoms with Crippen molar-refractivity contribution < 1.29 is 0 Å². The van der Waals surface area contributed by atoms with E-state index in [1.54, 1.807) is 0 Å². The Balaban J connectivity index is 1.76. The average Bonchev–Trinajstić information content (AvgIpc) is 2.61. The minimum atomic E-state index is 0.0505. The number of fused-ring (bicyclic) bond motifs is 1. The quantitative estimate of drug-likeness (QED) is 0.501. The second-order valence-corrected chi connectivity index (χ2v) is 6.81. The molecule has 1 atom stereocenters. The minimum absolute atomic E-state index is 0.0505. The lowest BCUT2D eigenvalue weighted by molar-refractivity contribution is 0.649. The summed E-state index contributed by atoms with van der Waals surface area (Å²) in [6.45, 7) is 2.64. The van der Waals surface area contributed by atoms with Gasteiger partial charge in [0.1, 0.15) is 0 Å². The maximum Gasteiger partial charge on any atom is 0.240 e. The summed E-state index contributed by atoms with van der Waals surface area (Å²) in [4.78, 5) is 5.60. The van der Waals surface area contributed by atoms with E-state index >= 15 is 0 Å². The van der Waals surface area contributed by atoms with E-state index in [1.165, 1.54) is 16.0 Å². The van der Waals surface area contributed by atoms with Gasteiger partial charge >= 0.3 is 0 Å². The predicted molar refractivity (Wildman–Crippen MR) is 99.7 cm³/mol. The van der Waals surface area contributed by atoms with Gasteiger partial charge in [-0.2, -0.15) is 5.11 Å². The Bertz CT molecular complexity index is 767. The highest BCUT2D eigenvalue weighted by Crippen LogP contribution is 2.40. The highest BCUT2D eigenvalue weighted by atomic mass is 32.2. The fourth-order valence-electron chi connectivity index (χ4n) is 2.67. The third-order valence-corrected chi connectivity index (χ3v) is 5.24. The highest BCUT2D eigenvalue weighted by Gasteiger charge is 2.21. The van der Waals surface area contributed by atoms with Crippen LogP contribution in [0.3, 0.4) is 0 Å². The number of aryl methyl sites for hydroxylation is 1. The second-order valence-electron chi connectivity index (χ2n) is 5.70. The van der Waals surface area contributed by atoms with Gasteiger partial charge < -0.3 is 11.5 Å². The lowest BCUT2D eigenvalue weighted by Gasteiger charge is -2.22. The zero-order valence-electron chi connectivity index (χ0n) is 13.6. The molecule has 124 valence electrons. The number of nitrogens with zero attached hydrogens (tertiary/aromatic N) is 3. The first-order valence-corrected chi connectivity index (χ1v) is 8.92. The van der Waals surface area contributed by atoms with Crippen LogP contribution < -0.4 is 11.5 Å². The molecule has 0 bridgehead atoms. The molecule has 1 aliphatic rings. The van der Waals surface area contributed by atoms with Gasteiger partial charge in [-0.25, -0.2) is 4.99 Å². The van der Waals surface area contributed by atoms with E-state index in [2.05, 4.69) is 40.3 Å². The smallest absolute Gasteiger partial charge is 0.240 e. The summed E-state index contributed by atoms with van der Waals surface area (Å²) < 4.78 is 0. The summed E-state index contributed by atoms with van der Waals surface area (Å²) >= 11 is 1.89. The molecule has 0 fully saturated rings. The van der Waals surface area contributed by atoms with Crippen LogP contribution in [0, 0.1) is 6.92 Å². The van der Waals surface area contributed by atoms with Crippen LogP contribution in [0.2, 0.25) is 0 Å². The van der Waals surface area contributed by atoms with E-state index in [9.17, 15) is 0 Å². The molecule has 0 spiro atoms. The molecular weight excluding hydrogens is 318 g/mol. The molecular formula is C18H21N5S. The van der Waals surface area contributed by atoms with Crippen molar-refractivity contribution in [2.45, 2.75) is 30.8 Å². The zero-order valence-corrected chi connectivity index (χ0v) is 14.5. The molecule has 4 N–H and O–H groups in total. The van der Waals surface area contributed by atoms with Crippen LogP contribution in [0.5, 0.6) is 0 Å². The van der Waals surface area contributed by atoms with Gasteiger partial charge in [0.25, 0.3) is 0 Å². The van der Waals surface area contributed by atoms with Crippen LogP contribution in [0.15, 0.2) is 62.6 Å². The van der Waals surface area contributed by atoms with Gasteiger partial charge in [0.15, 0.2) is 0 Å². The Morgan fingerprint density at radius 2 is 2.00 bits per heavy atom. The number of thioether (sulfide) groups is 1. The number of nitrogens with two attached hydrogens (primary N) is 2. The van der Waals surface area contributed by atoms with Crippen molar-refractivity contribution in [3.05, 3.63) is 59.2 Å². The molecule has 1 aliphatic heterocycles. The largest absolute Gasteiger partial charge is 0.366 e. The summed E-state index contributed by atoms with van der Waals surface area (Å²) in [5.74, 6) is 1.21. The van der Waals surface area contributed by atoms with Crippen LogP contribution in [-0.4, -0.2) is 11.7 Å². The molecule has 0 saturated carbocycles. The van der Waals surface area contributed by atoms with Crippen molar-refractivity contribution in [3.63, 3.8) is 0 Å². The topological polar surface area (TPSA) is 89.1 Å². The maximum atomic E-state index is 5.90. The molecule has 6 heteroatoms. The van der Waals surface area contributed by atoms with E-state index in [0.717, 1.165) is 23.4 Å². The SMILES string of the molecule is Cc1cccc2c1SCCC2N=NC(N)=Nc1ccc(CN)cc1. The first kappa shape index (κ1) is 16.7. The number of hydrogen-bond acceptors (Lipinski definition) is 4. The lowest BCUT2D eigenvalue weighted by Crippen LogP contribution is -2.10. The van der Waals surface area contributed by atoms with Crippen molar-refractivity contribution in [3.8, 4) is 0 Å². The van der Waals surface area contributed by atoms with E-state index in [0.29, 0.717) is 6.54 Å². The van der Waals surface area contributed by atoms with E-state index in [4.69, 9.17) is 11.5 Å².